The van der Waals surface area contributed by atoms with Gasteiger partial charge in [0.15, 0.2) is 6.10 Å². The Hall–Kier alpha value is -1.56. The van der Waals surface area contributed by atoms with E-state index < -0.39 is 18.0 Å². The Morgan fingerprint density at radius 2 is 2.06 bits per heavy atom. The van der Waals surface area contributed by atoms with Gasteiger partial charge in [-0.1, -0.05) is 6.07 Å². The van der Waals surface area contributed by atoms with Crippen molar-refractivity contribution in [3.05, 3.63) is 28.2 Å². The molecule has 1 amide bonds. The van der Waals surface area contributed by atoms with E-state index in [0.717, 1.165) is 0 Å². The summed E-state index contributed by atoms with van der Waals surface area (Å²) in [4.78, 5) is 22.3. The predicted molar refractivity (Wildman–Crippen MR) is 62.6 cm³/mol. The number of hydrogen-bond acceptors (Lipinski definition) is 4. The van der Waals surface area contributed by atoms with Gasteiger partial charge in [0.2, 0.25) is 0 Å². The number of carbonyl (C=O) groups excluding carboxylic acids is 2. The van der Waals surface area contributed by atoms with Gasteiger partial charge in [0.25, 0.3) is 5.91 Å². The average Bonchev–Trinajstić information content (AvgIpc) is 2.21. The van der Waals surface area contributed by atoms with Gasteiger partial charge in [0.1, 0.15) is 0 Å². The first-order valence-electron chi connectivity index (χ1n) is 4.47. The second-order valence-electron chi connectivity index (χ2n) is 3.16. The standard InChI is InChI=1S/C10H11BrN2O3/c1-5(9(13)14)16-10(15)6-3-2-4-7(12)8(6)11/h2-5H,12H2,1H3,(H2,13,14). The van der Waals surface area contributed by atoms with Gasteiger partial charge in [-0.25, -0.2) is 4.79 Å². The van der Waals surface area contributed by atoms with Crippen LogP contribution in [0.5, 0.6) is 0 Å². The summed E-state index contributed by atoms with van der Waals surface area (Å²) >= 11 is 3.17. The third-order valence-corrected chi connectivity index (χ3v) is 2.82. The molecule has 0 spiro atoms. The fraction of sp³-hybridized carbons (Fsp3) is 0.200. The van der Waals surface area contributed by atoms with Crippen LogP contribution >= 0.6 is 15.9 Å². The van der Waals surface area contributed by atoms with Crippen LogP contribution in [0.3, 0.4) is 0 Å². The van der Waals surface area contributed by atoms with E-state index in [-0.39, 0.29) is 5.56 Å². The van der Waals surface area contributed by atoms with Crippen molar-refractivity contribution in [1.29, 1.82) is 0 Å². The molecule has 86 valence electrons. The molecule has 0 heterocycles. The van der Waals surface area contributed by atoms with Gasteiger partial charge in [-0.3, -0.25) is 4.79 Å². The molecule has 1 unspecified atom stereocenters. The molecule has 4 N–H and O–H groups in total. The van der Waals surface area contributed by atoms with Gasteiger partial charge < -0.3 is 16.2 Å². The van der Waals surface area contributed by atoms with Crippen molar-refractivity contribution in [2.24, 2.45) is 5.73 Å². The molecular formula is C10H11BrN2O3. The Morgan fingerprint density at radius 1 is 1.44 bits per heavy atom. The van der Waals surface area contributed by atoms with Crippen LogP contribution in [0.1, 0.15) is 17.3 Å². The van der Waals surface area contributed by atoms with Crippen LogP contribution in [0.25, 0.3) is 0 Å². The van der Waals surface area contributed by atoms with E-state index in [9.17, 15) is 9.59 Å². The molecule has 0 saturated heterocycles. The molecule has 1 rings (SSSR count). The SMILES string of the molecule is CC(OC(=O)c1cccc(N)c1Br)C(N)=O. The van der Waals surface area contributed by atoms with Crippen molar-refractivity contribution in [2.75, 3.05) is 5.73 Å². The first kappa shape index (κ1) is 12.5. The average molecular weight is 287 g/mol. The number of esters is 1. The number of nitrogens with two attached hydrogens (primary N) is 2. The van der Waals surface area contributed by atoms with Crippen LogP contribution in [-0.4, -0.2) is 18.0 Å². The van der Waals surface area contributed by atoms with Gasteiger partial charge >= 0.3 is 5.97 Å². The molecule has 6 heteroatoms. The number of hydrogen-bond donors (Lipinski definition) is 2. The number of primary amides is 1. The number of carbonyl (C=O) groups is 2. The fourth-order valence-electron chi connectivity index (χ4n) is 0.990. The van der Waals surface area contributed by atoms with E-state index in [1.165, 1.54) is 13.0 Å². The van der Waals surface area contributed by atoms with Crippen molar-refractivity contribution in [1.82, 2.24) is 0 Å². The molecule has 0 aliphatic carbocycles. The van der Waals surface area contributed by atoms with E-state index in [2.05, 4.69) is 15.9 Å². The lowest BCUT2D eigenvalue weighted by atomic mass is 10.2. The smallest absolute Gasteiger partial charge is 0.340 e. The number of anilines is 1. The van der Waals surface area contributed by atoms with Gasteiger partial charge in [-0.05, 0) is 35.0 Å². The molecular weight excluding hydrogens is 276 g/mol. The van der Waals surface area contributed by atoms with Gasteiger partial charge in [-0.15, -0.1) is 0 Å². The van der Waals surface area contributed by atoms with Gasteiger partial charge in [-0.2, -0.15) is 0 Å². The maximum absolute atomic E-state index is 11.6. The largest absolute Gasteiger partial charge is 0.449 e. The summed E-state index contributed by atoms with van der Waals surface area (Å²) in [5, 5.41) is 0. The quantitative estimate of drug-likeness (QED) is 0.642. The molecule has 1 aromatic rings. The summed E-state index contributed by atoms with van der Waals surface area (Å²) in [5.41, 5.74) is 11.3. The van der Waals surface area contributed by atoms with E-state index in [0.29, 0.717) is 10.2 Å². The predicted octanol–water partition coefficient (Wildman–Crippen LogP) is 1.06. The summed E-state index contributed by atoms with van der Waals surface area (Å²) in [6, 6.07) is 4.79. The fourth-order valence-corrected chi connectivity index (χ4v) is 1.42. The minimum Gasteiger partial charge on any atom is -0.449 e. The van der Waals surface area contributed by atoms with E-state index in [1.807, 2.05) is 0 Å². The second kappa shape index (κ2) is 4.98. The highest BCUT2D eigenvalue weighted by Crippen LogP contribution is 2.24. The maximum atomic E-state index is 11.6. The third-order valence-electron chi connectivity index (χ3n) is 1.93. The summed E-state index contributed by atoms with van der Waals surface area (Å²) in [6.45, 7) is 1.40. The topological polar surface area (TPSA) is 95.4 Å². The summed E-state index contributed by atoms with van der Waals surface area (Å²) in [7, 11) is 0. The number of halogens is 1. The summed E-state index contributed by atoms with van der Waals surface area (Å²) in [5.74, 6) is -1.35. The normalized spacial score (nSPS) is 11.9. The zero-order chi connectivity index (χ0) is 12.3. The molecule has 0 saturated carbocycles. The van der Waals surface area contributed by atoms with Crippen molar-refractivity contribution >= 4 is 33.5 Å². The minimum absolute atomic E-state index is 0.258. The summed E-state index contributed by atoms with van der Waals surface area (Å²) in [6.07, 6.45) is -0.971. The Bertz CT molecular complexity index is 434. The van der Waals surface area contributed by atoms with Gasteiger partial charge in [0, 0.05) is 5.69 Å². The number of rotatable bonds is 3. The first-order chi connectivity index (χ1) is 7.43. The number of benzene rings is 1. The van der Waals surface area contributed by atoms with E-state index >= 15 is 0 Å². The Labute approximate surface area is 101 Å². The molecule has 0 bridgehead atoms. The summed E-state index contributed by atoms with van der Waals surface area (Å²) < 4.78 is 5.28. The Kier molecular flexibility index (Phi) is 3.89. The molecule has 0 aliphatic rings. The van der Waals surface area contributed by atoms with Crippen molar-refractivity contribution in [2.45, 2.75) is 13.0 Å². The van der Waals surface area contributed by atoms with Crippen LogP contribution in [-0.2, 0) is 9.53 Å². The van der Waals surface area contributed by atoms with Crippen LogP contribution in [0.4, 0.5) is 5.69 Å². The molecule has 16 heavy (non-hydrogen) atoms. The highest BCUT2D eigenvalue weighted by atomic mass is 79.9. The zero-order valence-corrected chi connectivity index (χ0v) is 10.2. The molecule has 1 aromatic carbocycles. The van der Waals surface area contributed by atoms with Crippen molar-refractivity contribution in [3.8, 4) is 0 Å². The Morgan fingerprint density at radius 3 is 2.62 bits per heavy atom. The third kappa shape index (κ3) is 2.73. The van der Waals surface area contributed by atoms with Crippen LogP contribution in [0, 0.1) is 0 Å². The molecule has 1 atom stereocenters. The van der Waals surface area contributed by atoms with Crippen LogP contribution in [0.2, 0.25) is 0 Å². The second-order valence-corrected chi connectivity index (χ2v) is 3.95. The lowest BCUT2D eigenvalue weighted by molar-refractivity contribution is -0.125. The lowest BCUT2D eigenvalue weighted by Gasteiger charge is -2.11. The zero-order valence-electron chi connectivity index (χ0n) is 8.57. The lowest BCUT2D eigenvalue weighted by Crippen LogP contribution is -2.30. The molecule has 0 radical (unpaired) electrons. The highest BCUT2D eigenvalue weighted by molar-refractivity contribution is 9.10. The molecule has 0 aliphatic heterocycles. The number of nitrogen functional groups attached to an aromatic ring is 1. The maximum Gasteiger partial charge on any atom is 0.340 e. The van der Waals surface area contributed by atoms with E-state index in [4.69, 9.17) is 16.2 Å². The van der Waals surface area contributed by atoms with Crippen molar-refractivity contribution < 1.29 is 14.3 Å². The number of ether oxygens (including phenoxy) is 1. The van der Waals surface area contributed by atoms with Crippen molar-refractivity contribution in [3.63, 3.8) is 0 Å². The van der Waals surface area contributed by atoms with Crippen LogP contribution in [0.15, 0.2) is 22.7 Å². The molecule has 0 aromatic heterocycles. The first-order valence-corrected chi connectivity index (χ1v) is 5.27. The van der Waals surface area contributed by atoms with Gasteiger partial charge in [0.05, 0.1) is 10.0 Å². The Balaban J connectivity index is 2.89. The molecule has 0 fully saturated rings. The highest BCUT2D eigenvalue weighted by Gasteiger charge is 2.18. The van der Waals surface area contributed by atoms with E-state index in [1.54, 1.807) is 12.1 Å². The monoisotopic (exact) mass is 286 g/mol. The number of amides is 1. The molecule has 5 nitrogen and oxygen atoms in total. The van der Waals surface area contributed by atoms with Crippen LogP contribution < -0.4 is 11.5 Å². The minimum atomic E-state index is -0.971.